The van der Waals surface area contributed by atoms with Gasteiger partial charge in [0.15, 0.2) is 5.78 Å². The molecular weight excluding hydrogens is 326 g/mol. The van der Waals surface area contributed by atoms with Gasteiger partial charge in [-0.3, -0.25) is 19.3 Å². The maximum Gasteiger partial charge on any atom is 0.233 e. The summed E-state index contributed by atoms with van der Waals surface area (Å²) in [7, 11) is 0. The van der Waals surface area contributed by atoms with Gasteiger partial charge in [-0.1, -0.05) is 66.7 Å². The Morgan fingerprint density at radius 2 is 1.35 bits per heavy atom. The van der Waals surface area contributed by atoms with Crippen molar-refractivity contribution in [1.82, 2.24) is 4.90 Å². The summed E-state index contributed by atoms with van der Waals surface area (Å²) in [6.07, 6.45) is 5.07. The molecule has 4 heteroatoms. The van der Waals surface area contributed by atoms with E-state index in [0.717, 1.165) is 16.0 Å². The molecule has 0 unspecified atom stereocenters. The van der Waals surface area contributed by atoms with Gasteiger partial charge in [-0.05, 0) is 24.0 Å². The van der Waals surface area contributed by atoms with E-state index in [0.29, 0.717) is 18.4 Å². The first-order chi connectivity index (χ1) is 12.6. The van der Waals surface area contributed by atoms with Crippen molar-refractivity contribution in [2.24, 2.45) is 11.8 Å². The van der Waals surface area contributed by atoms with E-state index >= 15 is 0 Å². The van der Waals surface area contributed by atoms with Gasteiger partial charge in [0, 0.05) is 5.56 Å². The first-order valence-corrected chi connectivity index (χ1v) is 8.84. The van der Waals surface area contributed by atoms with Gasteiger partial charge in [-0.2, -0.15) is 0 Å². The fraction of sp³-hybridized carbons (Fsp3) is 0.227. The summed E-state index contributed by atoms with van der Waals surface area (Å²) in [6, 6.07) is 17.2. The molecule has 4 nitrogen and oxygen atoms in total. The predicted molar refractivity (Wildman–Crippen MR) is 98.3 cm³/mol. The van der Waals surface area contributed by atoms with Crippen molar-refractivity contribution in [3.05, 3.63) is 72.3 Å². The second-order valence-electron chi connectivity index (χ2n) is 6.78. The SMILES string of the molecule is O=C(CN1C(=O)[C@@H]2CC=CC[C@H]2C1=O)c1ccc(-c2ccccc2)cc1. The molecule has 1 heterocycles. The molecule has 2 atom stereocenters. The smallest absolute Gasteiger partial charge is 0.233 e. The van der Waals surface area contributed by atoms with Crippen LogP contribution in [0.25, 0.3) is 11.1 Å². The Morgan fingerprint density at radius 1 is 0.808 bits per heavy atom. The molecule has 130 valence electrons. The van der Waals surface area contributed by atoms with Crippen molar-refractivity contribution in [2.45, 2.75) is 12.8 Å². The second kappa shape index (κ2) is 6.71. The second-order valence-corrected chi connectivity index (χ2v) is 6.78. The minimum Gasteiger partial charge on any atom is -0.292 e. The van der Waals surface area contributed by atoms with E-state index in [4.69, 9.17) is 0 Å². The van der Waals surface area contributed by atoms with E-state index in [2.05, 4.69) is 0 Å². The van der Waals surface area contributed by atoms with Crippen LogP contribution in [0.3, 0.4) is 0 Å². The molecule has 0 saturated carbocycles. The average Bonchev–Trinajstić information content (AvgIpc) is 2.94. The summed E-state index contributed by atoms with van der Waals surface area (Å²) in [4.78, 5) is 38.7. The van der Waals surface area contributed by atoms with Crippen molar-refractivity contribution in [3.63, 3.8) is 0 Å². The maximum atomic E-state index is 12.6. The normalized spacial score (nSPS) is 21.8. The molecule has 2 amide bonds. The molecule has 2 aromatic rings. The van der Waals surface area contributed by atoms with Gasteiger partial charge in [-0.25, -0.2) is 0 Å². The highest BCUT2D eigenvalue weighted by atomic mass is 16.2. The van der Waals surface area contributed by atoms with Gasteiger partial charge < -0.3 is 0 Å². The number of Topliss-reactive ketones (excluding diaryl/α,β-unsaturated/α-hetero) is 1. The van der Waals surface area contributed by atoms with Crippen LogP contribution >= 0.6 is 0 Å². The largest absolute Gasteiger partial charge is 0.292 e. The van der Waals surface area contributed by atoms with Crippen LogP contribution in [0.1, 0.15) is 23.2 Å². The van der Waals surface area contributed by atoms with Crippen LogP contribution in [0.15, 0.2) is 66.7 Å². The Hall–Kier alpha value is -3.01. The van der Waals surface area contributed by atoms with E-state index in [1.807, 2.05) is 54.6 Å². The van der Waals surface area contributed by atoms with E-state index in [-0.39, 0.29) is 36.0 Å². The molecule has 26 heavy (non-hydrogen) atoms. The molecule has 1 saturated heterocycles. The lowest BCUT2D eigenvalue weighted by Gasteiger charge is -2.14. The van der Waals surface area contributed by atoms with Crippen LogP contribution in [0, 0.1) is 11.8 Å². The van der Waals surface area contributed by atoms with E-state index in [1.165, 1.54) is 0 Å². The molecule has 0 N–H and O–H groups in total. The number of rotatable bonds is 4. The van der Waals surface area contributed by atoms with Crippen LogP contribution < -0.4 is 0 Å². The number of carbonyl (C=O) groups is 3. The Balaban J connectivity index is 1.48. The first kappa shape index (κ1) is 16.5. The van der Waals surface area contributed by atoms with Crippen molar-refractivity contribution >= 4 is 17.6 Å². The fourth-order valence-corrected chi connectivity index (χ4v) is 3.74. The van der Waals surface area contributed by atoms with Gasteiger partial charge in [0.25, 0.3) is 0 Å². The summed E-state index contributed by atoms with van der Waals surface area (Å²) in [6.45, 7) is -0.171. The molecule has 4 rings (SSSR count). The predicted octanol–water partition coefficient (Wildman–Crippen LogP) is 3.49. The Kier molecular flexibility index (Phi) is 4.25. The highest BCUT2D eigenvalue weighted by molar-refractivity contribution is 6.10. The van der Waals surface area contributed by atoms with Gasteiger partial charge >= 0.3 is 0 Å². The quantitative estimate of drug-likeness (QED) is 0.484. The van der Waals surface area contributed by atoms with Gasteiger partial charge in [0.05, 0.1) is 18.4 Å². The van der Waals surface area contributed by atoms with Crippen molar-refractivity contribution in [1.29, 1.82) is 0 Å². The molecule has 2 aromatic carbocycles. The monoisotopic (exact) mass is 345 g/mol. The van der Waals surface area contributed by atoms with Crippen molar-refractivity contribution in [3.8, 4) is 11.1 Å². The topological polar surface area (TPSA) is 54.5 Å². The lowest BCUT2D eigenvalue weighted by atomic mass is 9.85. The molecule has 1 fully saturated rings. The number of carbonyl (C=O) groups excluding carboxylic acids is 3. The summed E-state index contributed by atoms with van der Waals surface area (Å²) in [5.41, 5.74) is 2.61. The summed E-state index contributed by atoms with van der Waals surface area (Å²) >= 11 is 0. The zero-order valence-electron chi connectivity index (χ0n) is 14.3. The standard InChI is InChI=1S/C22H19NO3/c24-20(14-23-21(25)18-8-4-5-9-19(18)22(23)26)17-12-10-16(11-13-17)15-6-2-1-3-7-15/h1-7,10-13,18-19H,8-9,14H2/t18-,19-/m1/s1. The number of hydrogen-bond acceptors (Lipinski definition) is 3. The summed E-state index contributed by atoms with van der Waals surface area (Å²) in [5.74, 6) is -1.21. The van der Waals surface area contributed by atoms with E-state index in [9.17, 15) is 14.4 Å². The summed E-state index contributed by atoms with van der Waals surface area (Å²) < 4.78 is 0. The van der Waals surface area contributed by atoms with Crippen LogP contribution in [0.2, 0.25) is 0 Å². The number of amides is 2. The zero-order valence-corrected chi connectivity index (χ0v) is 14.3. The molecular formula is C22H19NO3. The number of imide groups is 1. The number of hydrogen-bond donors (Lipinski definition) is 0. The van der Waals surface area contributed by atoms with Crippen LogP contribution in [-0.2, 0) is 9.59 Å². The fourth-order valence-electron chi connectivity index (χ4n) is 3.74. The molecule has 0 aromatic heterocycles. The number of benzene rings is 2. The zero-order chi connectivity index (χ0) is 18.1. The van der Waals surface area contributed by atoms with Gasteiger partial charge in [-0.15, -0.1) is 0 Å². The summed E-state index contributed by atoms with van der Waals surface area (Å²) in [5, 5.41) is 0. The van der Waals surface area contributed by atoms with E-state index in [1.54, 1.807) is 12.1 Å². The number of fused-ring (bicyclic) bond motifs is 1. The van der Waals surface area contributed by atoms with Crippen LogP contribution in [-0.4, -0.2) is 29.0 Å². The first-order valence-electron chi connectivity index (χ1n) is 8.84. The third-order valence-corrected chi connectivity index (χ3v) is 5.21. The molecule has 0 bridgehead atoms. The Bertz CT molecular complexity index is 857. The lowest BCUT2D eigenvalue weighted by molar-refractivity contribution is -0.139. The molecule has 2 aliphatic rings. The Labute approximate surface area is 152 Å². The number of likely N-dealkylation sites (tertiary alicyclic amines) is 1. The number of allylic oxidation sites excluding steroid dienone is 2. The lowest BCUT2D eigenvalue weighted by Crippen LogP contribution is -2.36. The molecule has 0 radical (unpaired) electrons. The van der Waals surface area contributed by atoms with Gasteiger partial charge in [0.1, 0.15) is 0 Å². The van der Waals surface area contributed by atoms with E-state index < -0.39 is 0 Å². The Morgan fingerprint density at radius 3 is 1.92 bits per heavy atom. The molecule has 1 aliphatic heterocycles. The average molecular weight is 345 g/mol. The van der Waals surface area contributed by atoms with Gasteiger partial charge in [0.2, 0.25) is 11.8 Å². The van der Waals surface area contributed by atoms with Crippen molar-refractivity contribution < 1.29 is 14.4 Å². The third-order valence-electron chi connectivity index (χ3n) is 5.21. The highest BCUT2D eigenvalue weighted by Crippen LogP contribution is 2.35. The maximum absolute atomic E-state index is 12.6. The van der Waals surface area contributed by atoms with Crippen LogP contribution in [0.5, 0.6) is 0 Å². The number of ketones is 1. The minimum atomic E-state index is -0.291. The molecule has 0 spiro atoms. The molecule has 1 aliphatic carbocycles. The number of nitrogens with zero attached hydrogens (tertiary/aromatic N) is 1. The van der Waals surface area contributed by atoms with Crippen LogP contribution in [0.4, 0.5) is 0 Å². The highest BCUT2D eigenvalue weighted by Gasteiger charge is 2.47. The minimum absolute atomic E-state index is 0.171. The van der Waals surface area contributed by atoms with Crippen molar-refractivity contribution in [2.75, 3.05) is 6.54 Å². The third kappa shape index (κ3) is 2.88.